The van der Waals surface area contributed by atoms with Gasteiger partial charge in [0.1, 0.15) is 0 Å². The second kappa shape index (κ2) is 6.63. The molecular formula is C13H22N2O. The lowest BCUT2D eigenvalue weighted by atomic mass is 9.99. The van der Waals surface area contributed by atoms with Crippen LogP contribution in [0.3, 0.4) is 0 Å². The molecule has 4 N–H and O–H groups in total. The summed E-state index contributed by atoms with van der Waals surface area (Å²) >= 11 is 0. The van der Waals surface area contributed by atoms with Gasteiger partial charge in [0.2, 0.25) is 0 Å². The molecule has 0 spiro atoms. The molecule has 0 saturated heterocycles. The van der Waals surface area contributed by atoms with Crippen LogP contribution in [0.1, 0.15) is 36.9 Å². The Morgan fingerprint density at radius 3 is 2.19 bits per heavy atom. The lowest BCUT2D eigenvalue weighted by molar-refractivity contribution is 0.285. The molecule has 0 radical (unpaired) electrons. The van der Waals surface area contributed by atoms with E-state index >= 15 is 0 Å². The fraction of sp³-hybridized carbons (Fsp3) is 0.538. The summed E-state index contributed by atoms with van der Waals surface area (Å²) in [6.45, 7) is 5.62. The van der Waals surface area contributed by atoms with Gasteiger partial charge >= 0.3 is 0 Å². The van der Waals surface area contributed by atoms with Gasteiger partial charge in [0.15, 0.2) is 0 Å². The normalized spacial score (nSPS) is 13.1. The molecule has 0 aliphatic heterocycles. The number of aliphatic hydroxyl groups is 1. The summed E-state index contributed by atoms with van der Waals surface area (Å²) in [5.41, 5.74) is 8.22. The van der Waals surface area contributed by atoms with Crippen molar-refractivity contribution in [2.24, 2.45) is 5.73 Å². The molecule has 0 heterocycles. The highest BCUT2D eigenvalue weighted by Crippen LogP contribution is 2.18. The number of benzene rings is 1. The third-order valence-electron chi connectivity index (χ3n) is 2.74. The van der Waals surface area contributed by atoms with Crippen molar-refractivity contribution in [2.45, 2.75) is 25.8 Å². The van der Waals surface area contributed by atoms with Crippen LogP contribution in [0.15, 0.2) is 24.3 Å². The van der Waals surface area contributed by atoms with Crippen LogP contribution in [0.5, 0.6) is 0 Å². The van der Waals surface area contributed by atoms with Crippen LogP contribution in [-0.2, 0) is 0 Å². The highest BCUT2D eigenvalue weighted by atomic mass is 16.3. The third-order valence-corrected chi connectivity index (χ3v) is 2.74. The van der Waals surface area contributed by atoms with Gasteiger partial charge in [-0.2, -0.15) is 0 Å². The van der Waals surface area contributed by atoms with Gasteiger partial charge in [0, 0.05) is 19.1 Å². The van der Waals surface area contributed by atoms with Crippen LogP contribution in [0.4, 0.5) is 0 Å². The highest BCUT2D eigenvalue weighted by molar-refractivity contribution is 5.27. The summed E-state index contributed by atoms with van der Waals surface area (Å²) in [6, 6.07) is 8.63. The molecule has 0 amide bonds. The average Bonchev–Trinajstić information content (AvgIpc) is 2.30. The Bertz CT molecular complexity index is 295. The van der Waals surface area contributed by atoms with Gasteiger partial charge in [-0.1, -0.05) is 38.1 Å². The van der Waals surface area contributed by atoms with E-state index in [0.717, 1.165) is 0 Å². The summed E-state index contributed by atoms with van der Waals surface area (Å²) < 4.78 is 0. The molecule has 1 atom stereocenters. The number of nitrogens with one attached hydrogen (secondary N) is 1. The van der Waals surface area contributed by atoms with Gasteiger partial charge in [0.05, 0.1) is 6.61 Å². The first kappa shape index (κ1) is 13.2. The van der Waals surface area contributed by atoms with Crippen molar-refractivity contribution in [3.8, 4) is 0 Å². The number of rotatable bonds is 6. The molecule has 3 nitrogen and oxygen atoms in total. The maximum atomic E-state index is 8.77. The largest absolute Gasteiger partial charge is 0.395 e. The second-order valence-electron chi connectivity index (χ2n) is 4.29. The quantitative estimate of drug-likeness (QED) is 0.682. The zero-order valence-corrected chi connectivity index (χ0v) is 10.1. The zero-order valence-electron chi connectivity index (χ0n) is 10.1. The minimum Gasteiger partial charge on any atom is -0.395 e. The first-order valence-electron chi connectivity index (χ1n) is 5.83. The van der Waals surface area contributed by atoms with E-state index in [0.29, 0.717) is 19.0 Å². The molecule has 3 heteroatoms. The molecule has 0 aromatic heterocycles. The standard InChI is InChI=1S/C13H22N2O/c1-10(2)11-3-5-12(6-4-11)13(9-14)15-7-8-16/h3-6,10,13,15-16H,7-9,14H2,1-2H3. The zero-order chi connectivity index (χ0) is 12.0. The van der Waals surface area contributed by atoms with Crippen molar-refractivity contribution in [3.05, 3.63) is 35.4 Å². The predicted molar refractivity (Wildman–Crippen MR) is 67.4 cm³/mol. The van der Waals surface area contributed by atoms with E-state index in [9.17, 15) is 0 Å². The summed E-state index contributed by atoms with van der Waals surface area (Å²) in [7, 11) is 0. The molecule has 0 bridgehead atoms. The lowest BCUT2D eigenvalue weighted by Gasteiger charge is -2.17. The Hall–Kier alpha value is -0.900. The highest BCUT2D eigenvalue weighted by Gasteiger charge is 2.08. The van der Waals surface area contributed by atoms with E-state index in [2.05, 4.69) is 43.4 Å². The Balaban J connectivity index is 2.70. The van der Waals surface area contributed by atoms with Gasteiger partial charge in [-0.15, -0.1) is 0 Å². The number of hydrogen-bond donors (Lipinski definition) is 3. The van der Waals surface area contributed by atoms with Crippen molar-refractivity contribution in [3.63, 3.8) is 0 Å². The molecule has 16 heavy (non-hydrogen) atoms. The maximum absolute atomic E-state index is 8.77. The fourth-order valence-corrected chi connectivity index (χ4v) is 1.69. The van der Waals surface area contributed by atoms with E-state index < -0.39 is 0 Å². The van der Waals surface area contributed by atoms with Crippen molar-refractivity contribution >= 4 is 0 Å². The molecule has 1 aromatic rings. The van der Waals surface area contributed by atoms with Crippen LogP contribution in [0.2, 0.25) is 0 Å². The van der Waals surface area contributed by atoms with Gasteiger partial charge in [-0.3, -0.25) is 0 Å². The summed E-state index contributed by atoms with van der Waals surface area (Å²) in [6.07, 6.45) is 0. The molecule has 0 aliphatic carbocycles. The molecular weight excluding hydrogens is 200 g/mol. The molecule has 0 aliphatic rings. The molecule has 1 rings (SSSR count). The van der Waals surface area contributed by atoms with Crippen LogP contribution in [0, 0.1) is 0 Å². The Labute approximate surface area is 97.7 Å². The number of aliphatic hydroxyl groups excluding tert-OH is 1. The second-order valence-corrected chi connectivity index (χ2v) is 4.29. The van der Waals surface area contributed by atoms with Gasteiger partial charge in [-0.25, -0.2) is 0 Å². The minimum absolute atomic E-state index is 0.133. The van der Waals surface area contributed by atoms with E-state index in [1.807, 2.05) is 0 Å². The predicted octanol–water partition coefficient (Wildman–Crippen LogP) is 1.39. The van der Waals surface area contributed by atoms with Crippen molar-refractivity contribution in [2.75, 3.05) is 19.7 Å². The Morgan fingerprint density at radius 2 is 1.75 bits per heavy atom. The van der Waals surface area contributed by atoms with Crippen molar-refractivity contribution in [1.29, 1.82) is 0 Å². The maximum Gasteiger partial charge on any atom is 0.0556 e. The molecule has 1 aromatic carbocycles. The molecule has 1 unspecified atom stereocenters. The monoisotopic (exact) mass is 222 g/mol. The topological polar surface area (TPSA) is 58.3 Å². The summed E-state index contributed by atoms with van der Waals surface area (Å²) in [5.74, 6) is 0.552. The van der Waals surface area contributed by atoms with E-state index in [1.165, 1.54) is 11.1 Å². The van der Waals surface area contributed by atoms with E-state index in [1.54, 1.807) is 0 Å². The summed E-state index contributed by atoms with van der Waals surface area (Å²) in [5, 5.41) is 12.0. The first-order valence-corrected chi connectivity index (χ1v) is 5.83. The molecule has 90 valence electrons. The third kappa shape index (κ3) is 3.59. The van der Waals surface area contributed by atoms with Crippen molar-refractivity contribution in [1.82, 2.24) is 5.32 Å². The molecule has 0 fully saturated rings. The first-order chi connectivity index (χ1) is 7.69. The van der Waals surface area contributed by atoms with E-state index in [-0.39, 0.29) is 12.6 Å². The van der Waals surface area contributed by atoms with Crippen LogP contribution in [-0.4, -0.2) is 24.8 Å². The van der Waals surface area contributed by atoms with E-state index in [4.69, 9.17) is 10.8 Å². The smallest absolute Gasteiger partial charge is 0.0556 e. The van der Waals surface area contributed by atoms with Gasteiger partial charge in [0.25, 0.3) is 0 Å². The average molecular weight is 222 g/mol. The fourth-order valence-electron chi connectivity index (χ4n) is 1.69. The van der Waals surface area contributed by atoms with Crippen LogP contribution >= 0.6 is 0 Å². The number of nitrogens with two attached hydrogens (primary N) is 1. The SMILES string of the molecule is CC(C)c1ccc(C(CN)NCCO)cc1. The minimum atomic E-state index is 0.133. The molecule has 0 saturated carbocycles. The number of hydrogen-bond acceptors (Lipinski definition) is 3. The Kier molecular flexibility index (Phi) is 5.46. The van der Waals surface area contributed by atoms with Crippen LogP contribution in [0.25, 0.3) is 0 Å². The van der Waals surface area contributed by atoms with Gasteiger partial charge < -0.3 is 16.2 Å². The summed E-state index contributed by atoms with van der Waals surface area (Å²) in [4.78, 5) is 0. The Morgan fingerprint density at radius 1 is 1.19 bits per heavy atom. The van der Waals surface area contributed by atoms with Gasteiger partial charge in [-0.05, 0) is 17.0 Å². The van der Waals surface area contributed by atoms with Crippen LogP contribution < -0.4 is 11.1 Å². The van der Waals surface area contributed by atoms with Crippen molar-refractivity contribution < 1.29 is 5.11 Å². The lowest BCUT2D eigenvalue weighted by Crippen LogP contribution is -2.30.